The van der Waals surface area contributed by atoms with Gasteiger partial charge in [0.25, 0.3) is 8.60 Å². The molecule has 0 fully saturated rings. The third kappa shape index (κ3) is 10.6. The summed E-state index contributed by atoms with van der Waals surface area (Å²) in [5.74, 6) is 3.26. The smallest absolute Gasteiger partial charge is 0.461 e. The monoisotopic (exact) mass is 721 g/mol. The number of hydrogen-bond acceptors (Lipinski definition) is 7. The van der Waals surface area contributed by atoms with E-state index in [4.69, 9.17) is 41.1 Å². The zero-order chi connectivity index (χ0) is 34.2. The van der Waals surface area contributed by atoms with Gasteiger partial charge < -0.3 is 27.4 Å². The van der Waals surface area contributed by atoms with Gasteiger partial charge in [0.05, 0.1) is 6.54 Å². The molecule has 0 atom stereocenters. The van der Waals surface area contributed by atoms with Crippen LogP contribution in [0.2, 0.25) is 0 Å². The molecule has 6 aromatic rings. The van der Waals surface area contributed by atoms with E-state index in [1.54, 1.807) is 0 Å². The lowest BCUT2D eigenvalue weighted by Gasteiger charge is -2.26. The molecular formula is C38H34N3O6P3. The molecule has 0 spiro atoms. The van der Waals surface area contributed by atoms with Crippen molar-refractivity contribution < 1.29 is 27.4 Å². The molecule has 0 aromatic heterocycles. The summed E-state index contributed by atoms with van der Waals surface area (Å²) in [6, 6.07) is 55.9. The first kappa shape index (κ1) is 34.5. The molecule has 9 nitrogen and oxygen atoms in total. The van der Waals surface area contributed by atoms with E-state index in [0.717, 1.165) is 0 Å². The standard InChI is InChI=1S/C38H34N3O6P3/c1-7-19-33(20-8-1)42-32-31-39-49(44-35-23-11-3-12-24-35,45-36-25-13-4-14-26-36)41-50(46-37-27-15-5-16-28-37,47-38-29-17-6-18-30-38)40-48-43-34-21-9-2-10-22-34/h1-30H,31-32H2. The normalized spacial score (nSPS) is 11.3. The van der Waals surface area contributed by atoms with Crippen molar-refractivity contribution in [2.75, 3.05) is 13.2 Å². The lowest BCUT2D eigenvalue weighted by atomic mass is 10.3. The second-order valence-electron chi connectivity index (χ2n) is 10.3. The molecule has 0 aliphatic heterocycles. The first-order valence-corrected chi connectivity index (χ1v) is 19.5. The van der Waals surface area contributed by atoms with Gasteiger partial charge in [-0.2, -0.15) is 0 Å². The second kappa shape index (κ2) is 17.9. The van der Waals surface area contributed by atoms with E-state index in [0.29, 0.717) is 34.5 Å². The molecule has 6 rings (SSSR count). The molecule has 0 saturated carbocycles. The fourth-order valence-electron chi connectivity index (χ4n) is 4.31. The molecule has 6 aromatic carbocycles. The molecular weight excluding hydrogens is 687 g/mol. The Morgan fingerprint density at radius 3 is 1.14 bits per heavy atom. The number of rotatable bonds is 16. The van der Waals surface area contributed by atoms with Gasteiger partial charge in [-0.05, 0) is 72.8 Å². The van der Waals surface area contributed by atoms with Crippen LogP contribution in [0.3, 0.4) is 0 Å². The number of benzene rings is 6. The first-order valence-electron chi connectivity index (χ1n) is 15.7. The van der Waals surface area contributed by atoms with Gasteiger partial charge in [-0.3, -0.25) is 0 Å². The second-order valence-corrected chi connectivity index (χ2v) is 15.0. The van der Waals surface area contributed by atoms with Crippen LogP contribution in [0.25, 0.3) is 0 Å². The summed E-state index contributed by atoms with van der Waals surface area (Å²) in [5, 5.41) is 0. The highest BCUT2D eigenvalue weighted by atomic mass is 31.2. The maximum absolute atomic E-state index is 6.72. The Balaban J connectivity index is 1.54. The van der Waals surface area contributed by atoms with Crippen LogP contribution in [0.15, 0.2) is 196 Å². The van der Waals surface area contributed by atoms with Crippen molar-refractivity contribution in [3.63, 3.8) is 0 Å². The molecule has 0 bridgehead atoms. The van der Waals surface area contributed by atoms with Gasteiger partial charge in [0.2, 0.25) is 0 Å². The molecule has 0 N–H and O–H groups in total. The molecule has 0 heterocycles. The van der Waals surface area contributed by atoms with Gasteiger partial charge in [-0.1, -0.05) is 114 Å². The largest absolute Gasteiger partial charge is 0.492 e. The van der Waals surface area contributed by atoms with Crippen molar-refractivity contribution in [3.05, 3.63) is 182 Å². The maximum atomic E-state index is 6.72. The Labute approximate surface area is 293 Å². The molecule has 50 heavy (non-hydrogen) atoms. The van der Waals surface area contributed by atoms with E-state index in [-0.39, 0.29) is 21.8 Å². The summed E-state index contributed by atoms with van der Waals surface area (Å²) in [6.07, 6.45) is 0. The van der Waals surface area contributed by atoms with Crippen molar-refractivity contribution in [1.82, 2.24) is 0 Å². The van der Waals surface area contributed by atoms with Crippen LogP contribution in [0.1, 0.15) is 0 Å². The molecule has 0 unspecified atom stereocenters. The molecule has 0 saturated heterocycles. The van der Waals surface area contributed by atoms with Gasteiger partial charge >= 0.3 is 15.3 Å². The van der Waals surface area contributed by atoms with Crippen molar-refractivity contribution in [1.29, 1.82) is 0 Å². The van der Waals surface area contributed by atoms with Crippen molar-refractivity contribution in [2.24, 2.45) is 13.8 Å². The summed E-state index contributed by atoms with van der Waals surface area (Å²) < 4.78 is 54.1. The Morgan fingerprint density at radius 2 is 0.740 bits per heavy atom. The highest BCUT2D eigenvalue weighted by molar-refractivity contribution is 7.69. The lowest BCUT2D eigenvalue weighted by Crippen LogP contribution is -2.07. The predicted octanol–water partition coefficient (Wildman–Crippen LogP) is 12.4. The fourth-order valence-corrected chi connectivity index (χ4v) is 9.86. The minimum Gasteiger partial charge on any atom is -0.492 e. The number of hydrogen-bond donors (Lipinski definition) is 0. The average Bonchev–Trinajstić information content (AvgIpc) is 3.16. The summed E-state index contributed by atoms with van der Waals surface area (Å²) >= 11 is 0. The molecule has 12 heteroatoms. The van der Waals surface area contributed by atoms with Crippen LogP contribution in [0.4, 0.5) is 0 Å². The van der Waals surface area contributed by atoms with Crippen LogP contribution in [0, 0.1) is 0 Å². The first-order chi connectivity index (χ1) is 24.7. The number of nitrogens with zero attached hydrogens (tertiary/aromatic N) is 3. The van der Waals surface area contributed by atoms with Gasteiger partial charge in [0, 0.05) is 0 Å². The van der Waals surface area contributed by atoms with Crippen LogP contribution < -0.4 is 27.4 Å². The van der Waals surface area contributed by atoms with Gasteiger partial charge in [-0.25, -0.2) is 4.74 Å². The molecule has 0 aliphatic rings. The van der Waals surface area contributed by atoms with E-state index in [1.165, 1.54) is 0 Å². The molecule has 0 radical (unpaired) electrons. The Kier molecular flexibility index (Phi) is 12.4. The van der Waals surface area contributed by atoms with Gasteiger partial charge in [0.15, 0.2) is 0 Å². The van der Waals surface area contributed by atoms with E-state index >= 15 is 0 Å². The zero-order valence-corrected chi connectivity index (χ0v) is 29.6. The van der Waals surface area contributed by atoms with Crippen molar-refractivity contribution in [2.45, 2.75) is 0 Å². The van der Waals surface area contributed by atoms with E-state index in [1.807, 2.05) is 182 Å². The van der Waals surface area contributed by atoms with Gasteiger partial charge in [0.1, 0.15) is 41.1 Å². The third-order valence-electron chi connectivity index (χ3n) is 6.52. The van der Waals surface area contributed by atoms with Crippen molar-refractivity contribution in [3.8, 4) is 34.5 Å². The molecule has 0 amide bonds. The summed E-state index contributed by atoms with van der Waals surface area (Å²) in [6.45, 7) is 0.398. The SMILES string of the molecule is c1ccc(OCCN=P(N=P(/N=P/Oc2ccccc2)(Oc2ccccc2)Oc2ccccc2)(Oc2ccccc2)Oc2ccccc2)cc1. The minimum absolute atomic E-state index is 0.167. The van der Waals surface area contributed by atoms with E-state index in [9.17, 15) is 0 Å². The minimum atomic E-state index is -3.80. The van der Waals surface area contributed by atoms with Crippen LogP contribution >= 0.6 is 23.9 Å². The number of ether oxygens (including phenoxy) is 1. The number of para-hydroxylation sites is 6. The Morgan fingerprint density at radius 1 is 0.400 bits per heavy atom. The lowest BCUT2D eigenvalue weighted by molar-refractivity contribution is 0.327. The molecule has 252 valence electrons. The average molecular weight is 722 g/mol. The van der Waals surface area contributed by atoms with Crippen LogP contribution in [0.5, 0.6) is 34.5 Å². The third-order valence-corrected chi connectivity index (χ3v) is 12.2. The summed E-state index contributed by atoms with van der Waals surface area (Å²) in [4.78, 5) is 0. The highest BCUT2D eigenvalue weighted by Gasteiger charge is 2.37. The fraction of sp³-hybridized carbons (Fsp3) is 0.0526. The van der Waals surface area contributed by atoms with E-state index < -0.39 is 15.3 Å². The maximum Gasteiger partial charge on any atom is 0.461 e. The predicted molar refractivity (Wildman–Crippen MR) is 200 cm³/mol. The van der Waals surface area contributed by atoms with Crippen LogP contribution in [-0.2, 0) is 0 Å². The van der Waals surface area contributed by atoms with E-state index in [2.05, 4.69) is 0 Å². The highest BCUT2D eigenvalue weighted by Crippen LogP contribution is 2.66. The summed E-state index contributed by atoms with van der Waals surface area (Å²) in [7, 11) is -7.38. The molecule has 0 aliphatic carbocycles. The Hall–Kier alpha value is -5.32. The Bertz CT molecular complexity index is 1940. The quantitative estimate of drug-likeness (QED) is 0.0730. The van der Waals surface area contributed by atoms with Crippen LogP contribution in [-0.4, -0.2) is 13.2 Å². The van der Waals surface area contributed by atoms with Gasteiger partial charge in [-0.15, -0.1) is 4.52 Å². The van der Waals surface area contributed by atoms with Crippen molar-refractivity contribution >= 4 is 23.9 Å². The zero-order valence-electron chi connectivity index (χ0n) is 26.9. The topological polar surface area (TPSA) is 92.5 Å². The summed E-state index contributed by atoms with van der Waals surface area (Å²) in [5.41, 5.74) is 0.